The minimum atomic E-state index is 0.697. The molecule has 0 aliphatic carbocycles. The van der Waals surface area contributed by atoms with Crippen molar-refractivity contribution >= 4 is 22.1 Å². The molecule has 3 aromatic heterocycles. The smallest absolute Gasteiger partial charge is 0.231 e. The molecule has 3 nitrogen and oxygen atoms in total. The number of fused-ring (bicyclic) bond motifs is 3. The van der Waals surface area contributed by atoms with E-state index >= 15 is 0 Å². The van der Waals surface area contributed by atoms with Gasteiger partial charge in [-0.15, -0.1) is 0 Å². The highest BCUT2D eigenvalue weighted by atomic mass is 16.3. The molecule has 0 bridgehead atoms. The van der Waals surface area contributed by atoms with Crippen molar-refractivity contribution in [2.75, 3.05) is 0 Å². The van der Waals surface area contributed by atoms with Crippen molar-refractivity contribution in [1.29, 1.82) is 0 Å². The first-order valence-corrected chi connectivity index (χ1v) is 7.39. The summed E-state index contributed by atoms with van der Waals surface area (Å²) < 4.78 is 8.02. The SMILES string of the molecule is Cc1ccc(-c2nc3oc4ccccc4c3cc2C)[n+](C)c1. The van der Waals surface area contributed by atoms with E-state index in [-0.39, 0.29) is 0 Å². The van der Waals surface area contributed by atoms with Crippen LogP contribution in [0, 0.1) is 13.8 Å². The summed E-state index contributed by atoms with van der Waals surface area (Å²) in [4.78, 5) is 4.79. The molecule has 0 amide bonds. The summed E-state index contributed by atoms with van der Waals surface area (Å²) >= 11 is 0. The molecule has 0 saturated heterocycles. The lowest BCUT2D eigenvalue weighted by Crippen LogP contribution is -2.31. The van der Waals surface area contributed by atoms with Gasteiger partial charge in [-0.05, 0) is 37.6 Å². The highest BCUT2D eigenvalue weighted by molar-refractivity contribution is 6.04. The first-order chi connectivity index (χ1) is 10.6. The maximum absolute atomic E-state index is 5.91. The van der Waals surface area contributed by atoms with Gasteiger partial charge in [0.05, 0.1) is 0 Å². The molecule has 3 heterocycles. The Hall–Kier alpha value is -2.68. The number of rotatable bonds is 1. The van der Waals surface area contributed by atoms with Gasteiger partial charge in [-0.2, -0.15) is 4.57 Å². The molecule has 0 spiro atoms. The van der Waals surface area contributed by atoms with E-state index in [1.165, 1.54) is 5.56 Å². The Kier molecular flexibility index (Phi) is 2.76. The van der Waals surface area contributed by atoms with Crippen LogP contribution in [0.25, 0.3) is 33.5 Å². The van der Waals surface area contributed by atoms with Gasteiger partial charge in [0.2, 0.25) is 11.4 Å². The van der Waals surface area contributed by atoms with Crippen molar-refractivity contribution in [3.63, 3.8) is 0 Å². The van der Waals surface area contributed by atoms with E-state index in [1.807, 2.05) is 25.2 Å². The quantitative estimate of drug-likeness (QED) is 0.494. The zero-order chi connectivity index (χ0) is 15.3. The van der Waals surface area contributed by atoms with Crippen LogP contribution in [-0.4, -0.2) is 4.98 Å². The fourth-order valence-electron chi connectivity index (χ4n) is 3.00. The minimum Gasteiger partial charge on any atom is -0.438 e. The number of aromatic nitrogens is 2. The molecule has 3 heteroatoms. The molecular weight excluding hydrogens is 272 g/mol. The maximum Gasteiger partial charge on any atom is 0.231 e. The number of nitrogens with zero attached hydrogens (tertiary/aromatic N) is 2. The van der Waals surface area contributed by atoms with E-state index in [1.54, 1.807) is 0 Å². The second-order valence-electron chi connectivity index (χ2n) is 5.81. The van der Waals surface area contributed by atoms with Gasteiger partial charge in [0.15, 0.2) is 6.20 Å². The molecule has 4 aromatic rings. The Morgan fingerprint density at radius 2 is 1.82 bits per heavy atom. The number of benzene rings is 1. The predicted octanol–water partition coefficient (Wildman–Crippen LogP) is 4.09. The van der Waals surface area contributed by atoms with Crippen LogP contribution >= 0.6 is 0 Å². The van der Waals surface area contributed by atoms with Gasteiger partial charge >= 0.3 is 0 Å². The minimum absolute atomic E-state index is 0.697. The van der Waals surface area contributed by atoms with Crippen LogP contribution in [0.4, 0.5) is 0 Å². The highest BCUT2D eigenvalue weighted by Crippen LogP contribution is 2.31. The van der Waals surface area contributed by atoms with E-state index in [0.29, 0.717) is 5.71 Å². The van der Waals surface area contributed by atoms with Gasteiger partial charge < -0.3 is 4.42 Å². The van der Waals surface area contributed by atoms with Crippen molar-refractivity contribution in [1.82, 2.24) is 4.98 Å². The average Bonchev–Trinajstić information content (AvgIpc) is 2.85. The van der Waals surface area contributed by atoms with Gasteiger partial charge in [-0.25, -0.2) is 4.98 Å². The van der Waals surface area contributed by atoms with E-state index in [4.69, 9.17) is 9.40 Å². The molecule has 22 heavy (non-hydrogen) atoms. The van der Waals surface area contributed by atoms with Gasteiger partial charge in [0.25, 0.3) is 0 Å². The summed E-state index contributed by atoms with van der Waals surface area (Å²) in [5, 5.41) is 2.19. The topological polar surface area (TPSA) is 29.9 Å². The summed E-state index contributed by atoms with van der Waals surface area (Å²) in [5.74, 6) is 0. The van der Waals surface area contributed by atoms with Crippen LogP contribution in [0.1, 0.15) is 11.1 Å². The molecule has 1 aromatic carbocycles. The predicted molar refractivity (Wildman–Crippen MR) is 87.6 cm³/mol. The summed E-state index contributed by atoms with van der Waals surface area (Å²) in [6.45, 7) is 4.19. The number of hydrogen-bond acceptors (Lipinski definition) is 2. The van der Waals surface area contributed by atoms with E-state index in [0.717, 1.165) is 33.3 Å². The van der Waals surface area contributed by atoms with Crippen LogP contribution in [-0.2, 0) is 7.05 Å². The number of para-hydroxylation sites is 1. The van der Waals surface area contributed by atoms with Crippen molar-refractivity contribution in [2.24, 2.45) is 7.05 Å². The molecule has 0 unspecified atom stereocenters. The molecule has 0 aliphatic rings. The lowest BCUT2D eigenvalue weighted by molar-refractivity contribution is -0.660. The zero-order valence-electron chi connectivity index (χ0n) is 12.9. The molecule has 0 saturated carbocycles. The molecule has 4 rings (SSSR count). The Morgan fingerprint density at radius 1 is 1.00 bits per heavy atom. The third-order valence-electron chi connectivity index (χ3n) is 4.09. The molecular formula is C19H17N2O+. The number of furan rings is 1. The largest absolute Gasteiger partial charge is 0.438 e. The second-order valence-corrected chi connectivity index (χ2v) is 5.81. The number of pyridine rings is 2. The first kappa shape index (κ1) is 13.0. The molecule has 0 fully saturated rings. The van der Waals surface area contributed by atoms with Crippen LogP contribution in [0.2, 0.25) is 0 Å². The fraction of sp³-hybridized carbons (Fsp3) is 0.158. The van der Waals surface area contributed by atoms with E-state index in [2.05, 4.69) is 48.9 Å². The fourth-order valence-corrected chi connectivity index (χ4v) is 3.00. The number of hydrogen-bond donors (Lipinski definition) is 0. The summed E-state index contributed by atoms with van der Waals surface area (Å²) in [5.41, 5.74) is 6.02. The van der Waals surface area contributed by atoms with Gasteiger partial charge in [-0.3, -0.25) is 0 Å². The number of aryl methyl sites for hydroxylation is 3. The monoisotopic (exact) mass is 289 g/mol. The van der Waals surface area contributed by atoms with Crippen molar-refractivity contribution < 1.29 is 8.98 Å². The summed E-state index contributed by atoms with van der Waals surface area (Å²) in [7, 11) is 2.05. The zero-order valence-corrected chi connectivity index (χ0v) is 12.9. The normalized spacial score (nSPS) is 11.4. The molecule has 0 N–H and O–H groups in total. The molecule has 0 radical (unpaired) electrons. The van der Waals surface area contributed by atoms with E-state index < -0.39 is 0 Å². The van der Waals surface area contributed by atoms with Crippen LogP contribution in [0.5, 0.6) is 0 Å². The van der Waals surface area contributed by atoms with Gasteiger partial charge in [0.1, 0.15) is 18.3 Å². The molecule has 0 aliphatic heterocycles. The highest BCUT2D eigenvalue weighted by Gasteiger charge is 2.17. The average molecular weight is 289 g/mol. The summed E-state index contributed by atoms with van der Waals surface area (Å²) in [6, 6.07) is 14.5. The summed E-state index contributed by atoms with van der Waals surface area (Å²) in [6.07, 6.45) is 2.11. The van der Waals surface area contributed by atoms with Crippen LogP contribution in [0.3, 0.4) is 0 Å². The Bertz CT molecular complexity index is 1010. The van der Waals surface area contributed by atoms with Crippen molar-refractivity contribution in [3.05, 3.63) is 59.8 Å². The Labute approximate surface area is 128 Å². The lowest BCUT2D eigenvalue weighted by Gasteiger charge is -2.04. The van der Waals surface area contributed by atoms with Gasteiger partial charge in [0, 0.05) is 22.4 Å². The Morgan fingerprint density at radius 3 is 2.64 bits per heavy atom. The third kappa shape index (κ3) is 1.90. The van der Waals surface area contributed by atoms with E-state index in [9.17, 15) is 0 Å². The second kappa shape index (κ2) is 4.67. The molecule has 0 atom stereocenters. The standard InChI is InChI=1S/C19H17N2O/c1-12-8-9-16(21(3)11-12)18-13(2)10-15-14-6-4-5-7-17(14)22-19(15)20-18/h4-11H,1-3H3/q+1. The first-order valence-electron chi connectivity index (χ1n) is 7.39. The maximum atomic E-state index is 5.91. The van der Waals surface area contributed by atoms with Crippen molar-refractivity contribution in [3.8, 4) is 11.4 Å². The molecule has 108 valence electrons. The van der Waals surface area contributed by atoms with Crippen molar-refractivity contribution in [2.45, 2.75) is 13.8 Å². The Balaban J connectivity index is 2.02. The van der Waals surface area contributed by atoms with Crippen LogP contribution in [0.15, 0.2) is 53.1 Å². The van der Waals surface area contributed by atoms with Gasteiger partial charge in [-0.1, -0.05) is 18.2 Å². The van der Waals surface area contributed by atoms with Crippen LogP contribution < -0.4 is 4.57 Å². The lowest BCUT2D eigenvalue weighted by atomic mass is 10.1. The third-order valence-corrected chi connectivity index (χ3v) is 4.09.